The first-order valence-corrected chi connectivity index (χ1v) is 10.6. The lowest BCUT2D eigenvalue weighted by atomic mass is 10.1. The molecular formula is C22H21ClN2O2S. The van der Waals surface area contributed by atoms with Gasteiger partial charge in [0.25, 0.3) is 11.1 Å². The van der Waals surface area contributed by atoms with E-state index in [2.05, 4.69) is 17.0 Å². The minimum Gasteiger partial charge on any atom is -0.372 e. The van der Waals surface area contributed by atoms with E-state index in [0.717, 1.165) is 41.5 Å². The fourth-order valence-corrected chi connectivity index (χ4v) is 4.59. The van der Waals surface area contributed by atoms with Gasteiger partial charge >= 0.3 is 0 Å². The molecule has 28 heavy (non-hydrogen) atoms. The highest BCUT2D eigenvalue weighted by Gasteiger charge is 2.35. The molecule has 2 aromatic rings. The summed E-state index contributed by atoms with van der Waals surface area (Å²) in [7, 11) is 0. The van der Waals surface area contributed by atoms with E-state index in [0.29, 0.717) is 9.93 Å². The molecule has 0 spiro atoms. The minimum absolute atomic E-state index is 0.189. The molecule has 0 radical (unpaired) electrons. The Morgan fingerprint density at radius 3 is 2.57 bits per heavy atom. The Bertz CT molecular complexity index is 967. The van der Waals surface area contributed by atoms with E-state index < -0.39 is 0 Å². The number of hydrogen-bond donors (Lipinski definition) is 0. The van der Waals surface area contributed by atoms with E-state index in [-0.39, 0.29) is 17.7 Å². The number of benzene rings is 2. The van der Waals surface area contributed by atoms with Crippen molar-refractivity contribution >= 4 is 46.3 Å². The van der Waals surface area contributed by atoms with E-state index in [1.54, 1.807) is 6.07 Å². The van der Waals surface area contributed by atoms with Gasteiger partial charge in [0, 0.05) is 23.8 Å². The van der Waals surface area contributed by atoms with Crippen LogP contribution >= 0.6 is 23.4 Å². The maximum atomic E-state index is 12.8. The average Bonchev–Trinajstić information content (AvgIpc) is 3.30. The summed E-state index contributed by atoms with van der Waals surface area (Å²) in [5, 5.41) is 0.293. The Hall–Kier alpha value is -2.24. The maximum Gasteiger partial charge on any atom is 0.293 e. The normalized spacial score (nSPS) is 18.6. The number of rotatable bonds is 4. The van der Waals surface area contributed by atoms with Crippen LogP contribution in [0.2, 0.25) is 5.02 Å². The predicted molar refractivity (Wildman–Crippen MR) is 116 cm³/mol. The molecule has 0 saturated carbocycles. The monoisotopic (exact) mass is 412 g/mol. The molecule has 2 aromatic carbocycles. The van der Waals surface area contributed by atoms with Crippen LogP contribution in [0.4, 0.5) is 10.5 Å². The van der Waals surface area contributed by atoms with Gasteiger partial charge in [-0.25, -0.2) is 0 Å². The standard InChI is InChI=1S/C22H21ClN2O2S/c1-15-12-18(24-10-4-5-11-24)9-8-16(15)13-20-21(26)25(22(27)28-20)14-17-6-2-3-7-19(17)23/h2-3,6-9,12-13H,4-5,10-11,14H2,1H3/b20-13+. The van der Waals surface area contributed by atoms with E-state index in [1.165, 1.54) is 23.4 Å². The Labute approximate surface area is 174 Å². The number of carbonyl (C=O) groups is 2. The summed E-state index contributed by atoms with van der Waals surface area (Å²) in [5.74, 6) is -0.266. The molecule has 0 unspecified atom stereocenters. The summed E-state index contributed by atoms with van der Waals surface area (Å²) in [6.45, 7) is 4.42. The van der Waals surface area contributed by atoms with Gasteiger partial charge in [0.15, 0.2) is 0 Å². The van der Waals surface area contributed by atoms with Crippen molar-refractivity contribution in [3.05, 3.63) is 69.1 Å². The molecule has 6 heteroatoms. The summed E-state index contributed by atoms with van der Waals surface area (Å²) in [4.78, 5) is 29.3. The number of amides is 2. The van der Waals surface area contributed by atoms with Gasteiger partial charge in [-0.2, -0.15) is 0 Å². The molecule has 2 saturated heterocycles. The molecule has 2 aliphatic heterocycles. The van der Waals surface area contributed by atoms with Gasteiger partial charge in [0.2, 0.25) is 0 Å². The maximum absolute atomic E-state index is 12.8. The SMILES string of the molecule is Cc1cc(N2CCCC2)ccc1/C=C1/SC(=O)N(Cc2ccccc2Cl)C1=O. The zero-order chi connectivity index (χ0) is 19.7. The topological polar surface area (TPSA) is 40.6 Å². The van der Waals surface area contributed by atoms with Crippen LogP contribution in [0, 0.1) is 6.92 Å². The number of aryl methyl sites for hydroxylation is 1. The molecular weight excluding hydrogens is 392 g/mol. The first-order chi connectivity index (χ1) is 13.5. The summed E-state index contributed by atoms with van der Waals surface area (Å²) in [6, 6.07) is 13.6. The Morgan fingerprint density at radius 1 is 1.11 bits per heavy atom. The molecule has 2 amide bonds. The van der Waals surface area contributed by atoms with Crippen LogP contribution in [0.15, 0.2) is 47.4 Å². The van der Waals surface area contributed by atoms with Crippen molar-refractivity contribution in [2.75, 3.05) is 18.0 Å². The first kappa shape index (κ1) is 19.1. The fraction of sp³-hybridized carbons (Fsp3) is 0.273. The molecule has 2 fully saturated rings. The highest BCUT2D eigenvalue weighted by Crippen LogP contribution is 2.35. The van der Waals surface area contributed by atoms with Gasteiger partial charge in [0.05, 0.1) is 11.4 Å². The second kappa shape index (κ2) is 8.02. The molecule has 144 valence electrons. The fourth-order valence-electron chi connectivity index (χ4n) is 3.57. The van der Waals surface area contributed by atoms with Crippen LogP contribution in [0.1, 0.15) is 29.5 Å². The molecule has 4 nitrogen and oxygen atoms in total. The van der Waals surface area contributed by atoms with Crippen LogP contribution in [0.25, 0.3) is 6.08 Å². The number of hydrogen-bond acceptors (Lipinski definition) is 4. The molecule has 0 atom stereocenters. The number of carbonyl (C=O) groups excluding carboxylic acids is 2. The van der Waals surface area contributed by atoms with Crippen LogP contribution in [0.5, 0.6) is 0 Å². The lowest BCUT2D eigenvalue weighted by Crippen LogP contribution is -2.27. The third-order valence-electron chi connectivity index (χ3n) is 5.17. The number of thioether (sulfide) groups is 1. The third kappa shape index (κ3) is 3.82. The van der Waals surface area contributed by atoms with Gasteiger partial charge in [-0.3, -0.25) is 14.5 Å². The van der Waals surface area contributed by atoms with Crippen LogP contribution < -0.4 is 4.90 Å². The van der Waals surface area contributed by atoms with Crippen LogP contribution in [0.3, 0.4) is 0 Å². The molecule has 0 aliphatic carbocycles. The van der Waals surface area contributed by atoms with Gasteiger partial charge in [-0.15, -0.1) is 0 Å². The number of anilines is 1. The van der Waals surface area contributed by atoms with Crippen molar-refractivity contribution in [1.82, 2.24) is 4.90 Å². The predicted octanol–water partition coefficient (Wildman–Crippen LogP) is 5.49. The van der Waals surface area contributed by atoms with Crippen LogP contribution in [-0.2, 0) is 11.3 Å². The van der Waals surface area contributed by atoms with Crippen molar-refractivity contribution in [3.63, 3.8) is 0 Å². The van der Waals surface area contributed by atoms with Crippen molar-refractivity contribution < 1.29 is 9.59 Å². The number of nitrogens with zero attached hydrogens (tertiary/aromatic N) is 2. The van der Waals surface area contributed by atoms with E-state index >= 15 is 0 Å². The van der Waals surface area contributed by atoms with Crippen LogP contribution in [-0.4, -0.2) is 29.1 Å². The van der Waals surface area contributed by atoms with Gasteiger partial charge in [-0.05, 0) is 72.5 Å². The molecule has 0 bridgehead atoms. The van der Waals surface area contributed by atoms with Crippen molar-refractivity contribution in [3.8, 4) is 0 Å². The van der Waals surface area contributed by atoms with E-state index in [9.17, 15) is 9.59 Å². The average molecular weight is 413 g/mol. The zero-order valence-electron chi connectivity index (χ0n) is 15.7. The highest BCUT2D eigenvalue weighted by atomic mass is 35.5. The van der Waals surface area contributed by atoms with Crippen molar-refractivity contribution in [2.45, 2.75) is 26.3 Å². The summed E-state index contributed by atoms with van der Waals surface area (Å²) >= 11 is 7.16. The van der Waals surface area contributed by atoms with Gasteiger partial charge < -0.3 is 4.90 Å². The van der Waals surface area contributed by atoms with E-state index in [4.69, 9.17) is 11.6 Å². The number of halogens is 1. The van der Waals surface area contributed by atoms with Crippen molar-refractivity contribution in [2.24, 2.45) is 0 Å². The summed E-state index contributed by atoms with van der Waals surface area (Å²) in [5.41, 5.74) is 4.05. The Kier molecular flexibility index (Phi) is 5.47. The third-order valence-corrected chi connectivity index (χ3v) is 6.45. The molecule has 4 rings (SSSR count). The second-order valence-corrected chi connectivity index (χ2v) is 8.49. The summed E-state index contributed by atoms with van der Waals surface area (Å²) in [6.07, 6.45) is 4.29. The highest BCUT2D eigenvalue weighted by molar-refractivity contribution is 8.18. The molecule has 2 heterocycles. The van der Waals surface area contributed by atoms with Gasteiger partial charge in [0.1, 0.15) is 0 Å². The van der Waals surface area contributed by atoms with E-state index in [1.807, 2.05) is 37.3 Å². The largest absolute Gasteiger partial charge is 0.372 e. The zero-order valence-corrected chi connectivity index (χ0v) is 17.2. The molecule has 0 aromatic heterocycles. The lowest BCUT2D eigenvalue weighted by Gasteiger charge is -2.18. The number of imide groups is 1. The summed E-state index contributed by atoms with van der Waals surface area (Å²) < 4.78 is 0. The quantitative estimate of drug-likeness (QED) is 0.623. The Morgan fingerprint density at radius 2 is 1.86 bits per heavy atom. The van der Waals surface area contributed by atoms with Crippen molar-refractivity contribution in [1.29, 1.82) is 0 Å². The first-order valence-electron chi connectivity index (χ1n) is 9.37. The molecule has 0 N–H and O–H groups in total. The minimum atomic E-state index is -0.266. The van der Waals surface area contributed by atoms with Gasteiger partial charge in [-0.1, -0.05) is 35.9 Å². The Balaban J connectivity index is 1.54. The molecule has 2 aliphatic rings. The lowest BCUT2D eigenvalue weighted by molar-refractivity contribution is -0.123. The second-order valence-electron chi connectivity index (χ2n) is 7.09. The smallest absolute Gasteiger partial charge is 0.293 e.